The molecule has 2 aliphatic rings. The fourth-order valence-corrected chi connectivity index (χ4v) is 7.03. The van der Waals surface area contributed by atoms with Crippen LogP contribution in [0.4, 0.5) is 5.69 Å². The van der Waals surface area contributed by atoms with Crippen molar-refractivity contribution in [2.45, 2.75) is 50.0 Å². The molecule has 0 spiro atoms. The molecule has 7 nitrogen and oxygen atoms in total. The van der Waals surface area contributed by atoms with Crippen molar-refractivity contribution in [1.29, 1.82) is 0 Å². The first-order valence-electron chi connectivity index (χ1n) is 10.5. The van der Waals surface area contributed by atoms with Gasteiger partial charge in [0.2, 0.25) is 10.0 Å². The van der Waals surface area contributed by atoms with Gasteiger partial charge >= 0.3 is 5.97 Å². The Balaban J connectivity index is 1.47. The normalized spacial score (nSPS) is 19.6. The Bertz CT molecular complexity index is 1070. The highest BCUT2D eigenvalue weighted by atomic mass is 32.2. The van der Waals surface area contributed by atoms with E-state index in [0.717, 1.165) is 54.7 Å². The van der Waals surface area contributed by atoms with E-state index in [1.807, 2.05) is 31.2 Å². The predicted octanol–water partition coefficient (Wildman–Crippen LogP) is 3.45. The minimum atomic E-state index is -3.75. The van der Waals surface area contributed by atoms with Gasteiger partial charge in [-0.1, -0.05) is 24.6 Å². The Morgan fingerprint density at radius 3 is 2.65 bits per heavy atom. The van der Waals surface area contributed by atoms with Gasteiger partial charge in [0, 0.05) is 24.8 Å². The third kappa shape index (κ3) is 4.40. The molecular formula is C22H26N2O5S2. The number of esters is 1. The highest BCUT2D eigenvalue weighted by molar-refractivity contribution is 7.89. The molecule has 2 aliphatic heterocycles. The maximum absolute atomic E-state index is 13.0. The number of para-hydroxylation sites is 1. The number of amides is 1. The van der Waals surface area contributed by atoms with E-state index < -0.39 is 22.6 Å². The summed E-state index contributed by atoms with van der Waals surface area (Å²) in [5.41, 5.74) is 1.93. The molecule has 2 aromatic rings. The van der Waals surface area contributed by atoms with Crippen molar-refractivity contribution in [1.82, 2.24) is 4.31 Å². The highest BCUT2D eigenvalue weighted by Crippen LogP contribution is 2.31. The number of anilines is 1. The van der Waals surface area contributed by atoms with Gasteiger partial charge in [-0.25, -0.2) is 13.2 Å². The molecular weight excluding hydrogens is 436 g/mol. The van der Waals surface area contributed by atoms with E-state index >= 15 is 0 Å². The molecule has 1 fully saturated rings. The van der Waals surface area contributed by atoms with Gasteiger partial charge < -0.3 is 9.64 Å². The molecule has 0 N–H and O–H groups in total. The SMILES string of the molecule is C[C@H]1CCc2ccccc2N1C(=O)COC(=O)c1sccc1S(=O)(=O)N1CCCCC1. The molecule has 0 unspecified atom stereocenters. The second-order valence-electron chi connectivity index (χ2n) is 7.94. The number of hydrogen-bond donors (Lipinski definition) is 0. The van der Waals surface area contributed by atoms with Crippen LogP contribution in [0, 0.1) is 0 Å². The fourth-order valence-electron chi connectivity index (χ4n) is 4.22. The van der Waals surface area contributed by atoms with Crippen molar-refractivity contribution in [3.05, 3.63) is 46.2 Å². The fraction of sp³-hybridized carbons (Fsp3) is 0.455. The number of piperidine rings is 1. The molecule has 1 aromatic heterocycles. The maximum atomic E-state index is 13.0. The number of aryl methyl sites for hydroxylation is 1. The summed E-state index contributed by atoms with van der Waals surface area (Å²) in [5.74, 6) is -1.10. The van der Waals surface area contributed by atoms with Crippen LogP contribution in [-0.4, -0.2) is 50.3 Å². The van der Waals surface area contributed by atoms with E-state index in [4.69, 9.17) is 4.74 Å². The van der Waals surface area contributed by atoms with Crippen molar-refractivity contribution in [2.75, 3.05) is 24.6 Å². The molecule has 0 bridgehead atoms. The van der Waals surface area contributed by atoms with E-state index in [2.05, 4.69) is 0 Å². The average Bonchev–Trinajstić information content (AvgIpc) is 3.29. The second-order valence-corrected chi connectivity index (χ2v) is 10.8. The van der Waals surface area contributed by atoms with Gasteiger partial charge in [0.25, 0.3) is 5.91 Å². The first-order chi connectivity index (χ1) is 14.9. The topological polar surface area (TPSA) is 84.0 Å². The van der Waals surface area contributed by atoms with Crippen molar-refractivity contribution in [3.8, 4) is 0 Å². The van der Waals surface area contributed by atoms with E-state index in [1.54, 1.807) is 10.3 Å². The summed E-state index contributed by atoms with van der Waals surface area (Å²) in [6.45, 7) is 2.45. The number of benzene rings is 1. The molecule has 9 heteroatoms. The van der Waals surface area contributed by atoms with E-state index in [1.165, 1.54) is 10.4 Å². The second kappa shape index (κ2) is 9.10. The Labute approximate surface area is 186 Å². The minimum absolute atomic E-state index is 0.00196. The number of hydrogen-bond acceptors (Lipinski definition) is 6. The summed E-state index contributed by atoms with van der Waals surface area (Å²) in [5, 5.41) is 1.57. The molecule has 3 heterocycles. The number of thiophene rings is 1. The number of ether oxygens (including phenoxy) is 1. The number of carbonyl (C=O) groups excluding carboxylic acids is 2. The quantitative estimate of drug-likeness (QED) is 0.636. The van der Waals surface area contributed by atoms with Gasteiger partial charge in [0.05, 0.1) is 0 Å². The smallest absolute Gasteiger partial charge is 0.350 e. The molecule has 0 radical (unpaired) electrons. The molecule has 1 aromatic carbocycles. The molecule has 0 aliphatic carbocycles. The van der Waals surface area contributed by atoms with Crippen LogP contribution in [0.25, 0.3) is 0 Å². The molecule has 1 atom stereocenters. The zero-order valence-electron chi connectivity index (χ0n) is 17.5. The third-order valence-electron chi connectivity index (χ3n) is 5.87. The van der Waals surface area contributed by atoms with E-state index in [-0.39, 0.29) is 21.7 Å². The summed E-state index contributed by atoms with van der Waals surface area (Å²) in [6.07, 6.45) is 4.36. The standard InChI is InChI=1S/C22H26N2O5S2/c1-16-9-10-17-7-3-4-8-18(17)24(16)20(25)15-29-22(26)21-19(11-14-30-21)31(27,28)23-12-5-2-6-13-23/h3-4,7-8,11,14,16H,2,5-6,9-10,12-13,15H2,1H3/t16-/m0/s1. The van der Waals surface area contributed by atoms with Crippen LogP contribution in [0.2, 0.25) is 0 Å². The van der Waals surface area contributed by atoms with Gasteiger partial charge in [-0.2, -0.15) is 4.31 Å². The largest absolute Gasteiger partial charge is 0.451 e. The van der Waals surface area contributed by atoms with Crippen molar-refractivity contribution < 1.29 is 22.7 Å². The summed E-state index contributed by atoms with van der Waals surface area (Å²) < 4.78 is 32.7. The van der Waals surface area contributed by atoms with Crippen molar-refractivity contribution in [3.63, 3.8) is 0 Å². The Kier molecular flexibility index (Phi) is 6.45. The molecule has 1 saturated heterocycles. The van der Waals surface area contributed by atoms with Crippen LogP contribution >= 0.6 is 11.3 Å². The molecule has 1 amide bonds. The summed E-state index contributed by atoms with van der Waals surface area (Å²) in [6, 6.07) is 9.16. The number of rotatable bonds is 5. The molecule has 166 valence electrons. The molecule has 4 rings (SSSR count). The first-order valence-corrected chi connectivity index (χ1v) is 12.9. The van der Waals surface area contributed by atoms with E-state index in [0.29, 0.717) is 13.1 Å². The van der Waals surface area contributed by atoms with Gasteiger partial charge in [0.1, 0.15) is 9.77 Å². The van der Waals surface area contributed by atoms with Crippen LogP contribution in [0.1, 0.15) is 47.8 Å². The maximum Gasteiger partial charge on any atom is 0.350 e. The van der Waals surface area contributed by atoms with Gasteiger partial charge in [0.15, 0.2) is 6.61 Å². The Morgan fingerprint density at radius 2 is 1.87 bits per heavy atom. The van der Waals surface area contributed by atoms with Crippen LogP contribution < -0.4 is 4.90 Å². The Hall–Kier alpha value is -2.23. The van der Waals surface area contributed by atoms with Crippen LogP contribution in [0.3, 0.4) is 0 Å². The highest BCUT2D eigenvalue weighted by Gasteiger charge is 2.33. The number of fused-ring (bicyclic) bond motifs is 1. The summed E-state index contributed by atoms with van der Waals surface area (Å²) in [4.78, 5) is 27.3. The first kappa shape index (κ1) is 22.0. The zero-order valence-corrected chi connectivity index (χ0v) is 19.1. The zero-order chi connectivity index (χ0) is 22.0. The van der Waals surface area contributed by atoms with Gasteiger partial charge in [-0.05, 0) is 55.7 Å². The molecule has 0 saturated carbocycles. The third-order valence-corrected chi connectivity index (χ3v) is 8.83. The van der Waals surface area contributed by atoms with E-state index in [9.17, 15) is 18.0 Å². The van der Waals surface area contributed by atoms with Crippen molar-refractivity contribution in [2.24, 2.45) is 0 Å². The molecule has 31 heavy (non-hydrogen) atoms. The average molecular weight is 463 g/mol. The van der Waals surface area contributed by atoms with Gasteiger partial charge in [-0.3, -0.25) is 4.79 Å². The predicted molar refractivity (Wildman–Crippen MR) is 119 cm³/mol. The van der Waals surface area contributed by atoms with Crippen LogP contribution in [0.15, 0.2) is 40.6 Å². The monoisotopic (exact) mass is 462 g/mol. The van der Waals surface area contributed by atoms with Gasteiger partial charge in [-0.15, -0.1) is 11.3 Å². The summed E-state index contributed by atoms with van der Waals surface area (Å²) in [7, 11) is -3.75. The lowest BCUT2D eigenvalue weighted by Crippen LogP contribution is -2.44. The summed E-state index contributed by atoms with van der Waals surface area (Å²) >= 11 is 1.02. The number of sulfonamides is 1. The van der Waals surface area contributed by atoms with Crippen LogP contribution in [-0.2, 0) is 26.0 Å². The number of nitrogens with zero attached hydrogens (tertiary/aromatic N) is 2. The minimum Gasteiger partial charge on any atom is -0.451 e. The lowest BCUT2D eigenvalue weighted by atomic mass is 9.96. The number of carbonyl (C=O) groups is 2. The lowest BCUT2D eigenvalue weighted by molar-refractivity contribution is -0.122. The Morgan fingerprint density at radius 1 is 1.13 bits per heavy atom. The van der Waals surface area contributed by atoms with Crippen LogP contribution in [0.5, 0.6) is 0 Å². The van der Waals surface area contributed by atoms with Crippen molar-refractivity contribution >= 4 is 38.9 Å². The lowest BCUT2D eigenvalue weighted by Gasteiger charge is -2.35.